The average molecular weight is 235 g/mol. The lowest BCUT2D eigenvalue weighted by Gasteiger charge is -2.32. The number of likely N-dealkylation sites (tertiary alicyclic amines) is 1. The molecule has 0 spiro atoms. The number of hydrogen-bond acceptors (Lipinski definition) is 3. The Labute approximate surface area is 102 Å². The molecule has 1 aliphatic heterocycles. The van der Waals surface area contributed by atoms with Gasteiger partial charge in [0.05, 0.1) is 18.8 Å². The molecule has 1 amide bonds. The summed E-state index contributed by atoms with van der Waals surface area (Å²) in [5.74, 6) is 0.177. The molecule has 1 aromatic rings. The van der Waals surface area contributed by atoms with Gasteiger partial charge in [0, 0.05) is 39.4 Å². The van der Waals surface area contributed by atoms with Crippen LogP contribution in [0.4, 0.5) is 0 Å². The highest BCUT2D eigenvalue weighted by atomic mass is 16.2. The summed E-state index contributed by atoms with van der Waals surface area (Å²) >= 11 is 0. The van der Waals surface area contributed by atoms with E-state index in [-0.39, 0.29) is 5.91 Å². The molecule has 0 bridgehead atoms. The SMILES string of the molecule is CN(C)C(=O)CN1CCC(n2c[c]cn2)CC1. The van der Waals surface area contributed by atoms with E-state index in [1.807, 2.05) is 10.9 Å². The first kappa shape index (κ1) is 12.1. The molecule has 1 fully saturated rings. The minimum absolute atomic E-state index is 0.177. The van der Waals surface area contributed by atoms with Crippen LogP contribution in [0.2, 0.25) is 0 Å². The fourth-order valence-corrected chi connectivity index (χ4v) is 2.12. The van der Waals surface area contributed by atoms with Crippen LogP contribution < -0.4 is 0 Å². The second-order valence-electron chi connectivity index (χ2n) is 4.72. The summed E-state index contributed by atoms with van der Waals surface area (Å²) < 4.78 is 1.98. The number of hydrogen-bond donors (Lipinski definition) is 0. The number of likely N-dealkylation sites (N-methyl/N-ethyl adjacent to an activating group) is 1. The average Bonchev–Trinajstić information content (AvgIpc) is 2.83. The van der Waals surface area contributed by atoms with Crippen LogP contribution in [0, 0.1) is 6.07 Å². The molecule has 0 N–H and O–H groups in total. The lowest BCUT2D eigenvalue weighted by Crippen LogP contribution is -2.41. The predicted molar refractivity (Wildman–Crippen MR) is 64.5 cm³/mol. The number of amides is 1. The molecule has 0 atom stereocenters. The van der Waals surface area contributed by atoms with Crippen LogP contribution in [-0.4, -0.2) is 59.2 Å². The van der Waals surface area contributed by atoms with Gasteiger partial charge in [-0.2, -0.15) is 5.10 Å². The van der Waals surface area contributed by atoms with Crippen LogP contribution in [0.25, 0.3) is 0 Å². The molecule has 1 radical (unpaired) electrons. The van der Waals surface area contributed by atoms with Gasteiger partial charge in [-0.25, -0.2) is 0 Å². The van der Waals surface area contributed by atoms with E-state index in [0.717, 1.165) is 25.9 Å². The number of piperidine rings is 1. The van der Waals surface area contributed by atoms with E-state index >= 15 is 0 Å². The van der Waals surface area contributed by atoms with Crippen LogP contribution in [0.5, 0.6) is 0 Å². The third kappa shape index (κ3) is 3.06. The van der Waals surface area contributed by atoms with Gasteiger partial charge < -0.3 is 4.90 Å². The Morgan fingerprint density at radius 3 is 2.71 bits per heavy atom. The Morgan fingerprint density at radius 1 is 1.47 bits per heavy atom. The predicted octanol–water partition coefficient (Wildman–Crippen LogP) is 0.408. The first-order chi connectivity index (χ1) is 8.16. The molecule has 5 heteroatoms. The molecule has 2 rings (SSSR count). The summed E-state index contributed by atoms with van der Waals surface area (Å²) in [5.41, 5.74) is 0. The molecule has 0 saturated carbocycles. The van der Waals surface area contributed by atoms with Crippen molar-refractivity contribution in [2.75, 3.05) is 33.7 Å². The van der Waals surface area contributed by atoms with E-state index in [0.29, 0.717) is 12.6 Å². The first-order valence-electron chi connectivity index (χ1n) is 5.99. The van der Waals surface area contributed by atoms with Gasteiger partial charge in [-0.1, -0.05) is 0 Å². The van der Waals surface area contributed by atoms with Crippen LogP contribution in [-0.2, 0) is 4.79 Å². The van der Waals surface area contributed by atoms with Crippen molar-refractivity contribution in [3.8, 4) is 0 Å². The minimum Gasteiger partial charge on any atom is -0.348 e. The Balaban J connectivity index is 1.80. The normalized spacial score (nSPS) is 18.2. The molecular weight excluding hydrogens is 216 g/mol. The summed E-state index contributed by atoms with van der Waals surface area (Å²) in [5, 5.41) is 4.22. The van der Waals surface area contributed by atoms with Crippen LogP contribution in [0.1, 0.15) is 18.9 Å². The zero-order chi connectivity index (χ0) is 12.3. The number of carbonyl (C=O) groups excluding carboxylic acids is 1. The van der Waals surface area contributed by atoms with Crippen LogP contribution in [0.15, 0.2) is 12.4 Å². The van der Waals surface area contributed by atoms with Gasteiger partial charge in [-0.05, 0) is 12.8 Å². The molecule has 1 aliphatic rings. The lowest BCUT2D eigenvalue weighted by atomic mass is 10.1. The molecule has 1 saturated heterocycles. The molecule has 93 valence electrons. The van der Waals surface area contributed by atoms with Crippen LogP contribution in [0.3, 0.4) is 0 Å². The van der Waals surface area contributed by atoms with Crippen molar-refractivity contribution >= 4 is 5.91 Å². The van der Waals surface area contributed by atoms with Crippen molar-refractivity contribution < 1.29 is 4.79 Å². The number of nitrogens with zero attached hydrogens (tertiary/aromatic N) is 4. The van der Waals surface area contributed by atoms with Crippen LogP contribution >= 0.6 is 0 Å². The largest absolute Gasteiger partial charge is 0.348 e. The number of carbonyl (C=O) groups is 1. The Morgan fingerprint density at radius 2 is 2.18 bits per heavy atom. The second-order valence-corrected chi connectivity index (χ2v) is 4.72. The van der Waals surface area contributed by atoms with Crippen molar-refractivity contribution in [2.45, 2.75) is 18.9 Å². The van der Waals surface area contributed by atoms with Crippen molar-refractivity contribution in [2.24, 2.45) is 0 Å². The zero-order valence-electron chi connectivity index (χ0n) is 10.5. The highest BCUT2D eigenvalue weighted by molar-refractivity contribution is 5.77. The number of rotatable bonds is 3. The maximum atomic E-state index is 11.6. The van der Waals surface area contributed by atoms with Crippen molar-refractivity contribution in [3.63, 3.8) is 0 Å². The van der Waals surface area contributed by atoms with E-state index in [2.05, 4.69) is 16.1 Å². The molecule has 1 aromatic heterocycles. The topological polar surface area (TPSA) is 41.4 Å². The number of aromatic nitrogens is 2. The van der Waals surface area contributed by atoms with Crippen molar-refractivity contribution in [1.29, 1.82) is 0 Å². The summed E-state index contributed by atoms with van der Waals surface area (Å²) in [6, 6.07) is 3.43. The summed E-state index contributed by atoms with van der Waals surface area (Å²) in [7, 11) is 3.60. The third-order valence-corrected chi connectivity index (χ3v) is 3.26. The van der Waals surface area contributed by atoms with Gasteiger partial charge in [-0.15, -0.1) is 0 Å². The molecule has 17 heavy (non-hydrogen) atoms. The van der Waals surface area contributed by atoms with Crippen molar-refractivity contribution in [1.82, 2.24) is 19.6 Å². The molecular formula is C12H19N4O. The van der Waals surface area contributed by atoms with Gasteiger partial charge in [0.15, 0.2) is 0 Å². The molecule has 0 aliphatic carbocycles. The summed E-state index contributed by atoms with van der Waals surface area (Å²) in [4.78, 5) is 15.4. The fourth-order valence-electron chi connectivity index (χ4n) is 2.12. The van der Waals surface area contributed by atoms with E-state index < -0.39 is 0 Å². The van der Waals surface area contributed by atoms with E-state index in [1.165, 1.54) is 0 Å². The Bertz CT molecular complexity index is 353. The third-order valence-electron chi connectivity index (χ3n) is 3.26. The standard InChI is InChI=1S/C12H19N4O/c1-14(2)12(17)10-15-8-4-11(5-9-15)16-7-3-6-13-16/h6-7,11H,4-5,8-10H2,1-2H3. The monoisotopic (exact) mass is 235 g/mol. The first-order valence-corrected chi connectivity index (χ1v) is 5.99. The smallest absolute Gasteiger partial charge is 0.236 e. The van der Waals surface area contributed by atoms with E-state index in [9.17, 15) is 4.79 Å². The fraction of sp³-hybridized carbons (Fsp3) is 0.667. The maximum absolute atomic E-state index is 11.6. The second kappa shape index (κ2) is 5.31. The quantitative estimate of drug-likeness (QED) is 0.762. The van der Waals surface area contributed by atoms with E-state index in [1.54, 1.807) is 25.2 Å². The molecule has 0 unspecified atom stereocenters. The summed E-state index contributed by atoms with van der Waals surface area (Å²) in [6.07, 6.45) is 5.69. The van der Waals surface area contributed by atoms with Gasteiger partial charge in [0.1, 0.15) is 0 Å². The van der Waals surface area contributed by atoms with Gasteiger partial charge in [-0.3, -0.25) is 14.4 Å². The van der Waals surface area contributed by atoms with Gasteiger partial charge >= 0.3 is 0 Å². The van der Waals surface area contributed by atoms with Crippen molar-refractivity contribution in [3.05, 3.63) is 18.5 Å². The molecule has 2 heterocycles. The van der Waals surface area contributed by atoms with E-state index in [4.69, 9.17) is 0 Å². The Kier molecular flexibility index (Phi) is 3.78. The highest BCUT2D eigenvalue weighted by Gasteiger charge is 2.22. The molecule has 5 nitrogen and oxygen atoms in total. The molecule has 0 aromatic carbocycles. The lowest BCUT2D eigenvalue weighted by molar-refractivity contribution is -0.130. The van der Waals surface area contributed by atoms with Gasteiger partial charge in [0.25, 0.3) is 0 Å². The summed E-state index contributed by atoms with van der Waals surface area (Å²) in [6.45, 7) is 2.46. The minimum atomic E-state index is 0.177. The zero-order valence-corrected chi connectivity index (χ0v) is 10.5. The maximum Gasteiger partial charge on any atom is 0.236 e. The highest BCUT2D eigenvalue weighted by Crippen LogP contribution is 2.20. The Hall–Kier alpha value is -1.36. The van der Waals surface area contributed by atoms with Gasteiger partial charge in [0.2, 0.25) is 5.91 Å².